The number of anilines is 4. The lowest BCUT2D eigenvalue weighted by Crippen LogP contribution is -2.55. The molecule has 3 atom stereocenters. The third-order valence-electron chi connectivity index (χ3n) is 12.3. The van der Waals surface area contributed by atoms with Crippen LogP contribution in [0.25, 0.3) is 11.1 Å². The van der Waals surface area contributed by atoms with Crippen LogP contribution >= 0.6 is 0 Å². The molecule has 8 rings (SSSR count). The van der Waals surface area contributed by atoms with E-state index in [0.29, 0.717) is 26.2 Å². The first-order valence-corrected chi connectivity index (χ1v) is 20.8. The van der Waals surface area contributed by atoms with E-state index in [1.165, 1.54) is 30.6 Å². The van der Waals surface area contributed by atoms with Crippen LogP contribution in [0.3, 0.4) is 0 Å². The van der Waals surface area contributed by atoms with Crippen molar-refractivity contribution in [3.05, 3.63) is 94.8 Å². The number of hydrogen-bond acceptors (Lipinski definition) is 12. The number of aromatic nitrogens is 2. The normalized spacial score (nSPS) is 20.5. The van der Waals surface area contributed by atoms with Crippen molar-refractivity contribution in [1.82, 2.24) is 30.0 Å². The summed E-state index contributed by atoms with van der Waals surface area (Å²) in [6, 6.07) is 7.72. The van der Waals surface area contributed by atoms with Gasteiger partial charge in [-0.1, -0.05) is 6.07 Å². The number of fused-ring (bicyclic) bond motifs is 1. The number of alkyl halides is 3. The van der Waals surface area contributed by atoms with Crippen molar-refractivity contribution in [2.75, 3.05) is 73.3 Å². The number of amides is 6. The molecule has 0 bridgehead atoms. The van der Waals surface area contributed by atoms with Gasteiger partial charge in [0.05, 0.1) is 40.2 Å². The van der Waals surface area contributed by atoms with Crippen LogP contribution in [0.15, 0.2) is 60.9 Å². The molecular weight excluding hydrogens is 860 g/mol. The van der Waals surface area contributed by atoms with Crippen LogP contribution in [0.4, 0.5) is 45.0 Å². The molecule has 3 N–H and O–H groups in total. The molecule has 340 valence electrons. The van der Waals surface area contributed by atoms with Crippen molar-refractivity contribution in [3.8, 4) is 11.1 Å². The third kappa shape index (κ3) is 8.79. The number of rotatable bonds is 9. The fraction of sp³-hybridized carbons (Fsp3) is 0.364. The highest BCUT2D eigenvalue weighted by atomic mass is 19.4. The van der Waals surface area contributed by atoms with Gasteiger partial charge in [0.25, 0.3) is 17.7 Å². The zero-order valence-electron chi connectivity index (χ0n) is 35.3. The molecule has 0 spiro atoms. The van der Waals surface area contributed by atoms with Gasteiger partial charge in [0.1, 0.15) is 17.7 Å². The SMILES string of the molecule is C[C@@H]1CN(c2cc(F)c(-c3cnc(N4CCN(C(=O)CNc5cccc6c5C(=O)N(C5CCC(=O)NC5=O)C6=O)CC4)nc3)cc2NC(=O)c2ccc(F)cc2C(F)(F)F)C[C@H](C)N1C. The summed E-state index contributed by atoms with van der Waals surface area (Å²) in [6.07, 6.45) is -2.30. The summed E-state index contributed by atoms with van der Waals surface area (Å²) in [5.74, 6) is -5.64. The first kappa shape index (κ1) is 44.6. The average molecular weight is 903 g/mol. The van der Waals surface area contributed by atoms with Crippen LogP contribution in [0, 0.1) is 11.6 Å². The predicted molar refractivity (Wildman–Crippen MR) is 226 cm³/mol. The zero-order valence-corrected chi connectivity index (χ0v) is 35.3. The van der Waals surface area contributed by atoms with Crippen LogP contribution in [-0.4, -0.2) is 131 Å². The third-order valence-corrected chi connectivity index (χ3v) is 12.3. The van der Waals surface area contributed by atoms with E-state index in [2.05, 4.69) is 30.8 Å². The minimum absolute atomic E-state index is 0.00395. The van der Waals surface area contributed by atoms with Gasteiger partial charge in [-0.3, -0.25) is 43.9 Å². The first-order valence-electron chi connectivity index (χ1n) is 20.8. The van der Waals surface area contributed by atoms with Crippen molar-refractivity contribution in [2.24, 2.45) is 0 Å². The fourth-order valence-electron chi connectivity index (χ4n) is 8.61. The van der Waals surface area contributed by atoms with Gasteiger partial charge in [-0.25, -0.2) is 18.7 Å². The number of carbonyl (C=O) groups excluding carboxylic acids is 6. The monoisotopic (exact) mass is 902 g/mol. The highest BCUT2D eigenvalue weighted by Crippen LogP contribution is 2.38. The van der Waals surface area contributed by atoms with Crippen LogP contribution < -0.4 is 25.8 Å². The first-order chi connectivity index (χ1) is 30.9. The standard InChI is InChI=1S/C44H43F5N10O6/c1-23-21-58(22-24(2)55(23)3)35-17-31(46)29(16-33(35)53-39(62)27-8-7-26(45)15-30(27)44(47,48)49)25-18-51-43(52-19-25)57-13-11-56(12-14-57)37(61)20-50-32-6-4-5-28-38(32)42(65)59(41(28)64)34-9-10-36(60)54-40(34)63/h4-8,15-19,23-24,34,50H,9-14,20-22H2,1-3H3,(H,53,62)(H,54,60,63)/t23-,24+,34?. The highest BCUT2D eigenvalue weighted by molar-refractivity contribution is 6.25. The molecule has 21 heteroatoms. The lowest BCUT2D eigenvalue weighted by Gasteiger charge is -2.44. The Morgan fingerprint density at radius 1 is 0.846 bits per heavy atom. The lowest BCUT2D eigenvalue weighted by atomic mass is 10.0. The summed E-state index contributed by atoms with van der Waals surface area (Å²) in [5.41, 5.74) is -1.49. The van der Waals surface area contributed by atoms with Crippen molar-refractivity contribution in [1.29, 1.82) is 0 Å². The fourth-order valence-corrected chi connectivity index (χ4v) is 8.61. The number of piperidine rings is 1. The Kier molecular flexibility index (Phi) is 12.0. The van der Waals surface area contributed by atoms with E-state index in [1.54, 1.807) is 17.0 Å². The second kappa shape index (κ2) is 17.5. The smallest absolute Gasteiger partial charge is 0.375 e. The van der Waals surface area contributed by atoms with E-state index < -0.39 is 64.5 Å². The molecule has 3 fully saturated rings. The van der Waals surface area contributed by atoms with Gasteiger partial charge in [-0.2, -0.15) is 13.2 Å². The Balaban J connectivity index is 0.943. The Morgan fingerprint density at radius 3 is 2.20 bits per heavy atom. The lowest BCUT2D eigenvalue weighted by molar-refractivity contribution is -0.138. The number of nitrogens with zero attached hydrogens (tertiary/aromatic N) is 7. The zero-order chi connectivity index (χ0) is 46.5. The van der Waals surface area contributed by atoms with E-state index in [0.717, 1.165) is 17.0 Å². The summed E-state index contributed by atoms with van der Waals surface area (Å²) < 4.78 is 71.8. The number of halogens is 5. The second-order valence-electron chi connectivity index (χ2n) is 16.4. The molecule has 3 aromatic carbocycles. The van der Waals surface area contributed by atoms with E-state index in [1.807, 2.05) is 30.7 Å². The number of hydrogen-bond donors (Lipinski definition) is 3. The maximum absolute atomic E-state index is 16.1. The van der Waals surface area contributed by atoms with E-state index in [9.17, 15) is 46.3 Å². The number of imide groups is 2. The summed E-state index contributed by atoms with van der Waals surface area (Å²) in [7, 11) is 1.95. The topological polar surface area (TPSA) is 180 Å². The predicted octanol–water partition coefficient (Wildman–Crippen LogP) is 4.38. The van der Waals surface area contributed by atoms with Crippen LogP contribution in [0.5, 0.6) is 0 Å². The Hall–Kier alpha value is -7.03. The number of likely N-dealkylation sites (N-methyl/N-ethyl adjacent to an activating group) is 1. The van der Waals surface area contributed by atoms with Crippen molar-refractivity contribution >= 4 is 58.5 Å². The van der Waals surface area contributed by atoms with Crippen molar-refractivity contribution in [2.45, 2.75) is 51.0 Å². The Bertz CT molecular complexity index is 2590. The molecule has 0 radical (unpaired) electrons. The number of nitrogens with one attached hydrogen (secondary N) is 3. The van der Waals surface area contributed by atoms with Crippen LogP contribution in [0.1, 0.15) is 63.3 Å². The molecule has 4 aromatic rings. The van der Waals surface area contributed by atoms with Gasteiger partial charge in [0.2, 0.25) is 23.7 Å². The maximum atomic E-state index is 16.1. The summed E-state index contributed by atoms with van der Waals surface area (Å²) in [5, 5.41) is 7.66. The molecule has 65 heavy (non-hydrogen) atoms. The van der Waals surface area contributed by atoms with Gasteiger partial charge in [-0.15, -0.1) is 0 Å². The Morgan fingerprint density at radius 2 is 1.54 bits per heavy atom. The van der Waals surface area contributed by atoms with Gasteiger partial charge in [0, 0.05) is 87.0 Å². The molecule has 0 aliphatic carbocycles. The van der Waals surface area contributed by atoms with Gasteiger partial charge in [-0.05, 0) is 69.8 Å². The maximum Gasteiger partial charge on any atom is 0.417 e. The van der Waals surface area contributed by atoms with Gasteiger partial charge in [0.15, 0.2) is 0 Å². The summed E-state index contributed by atoms with van der Waals surface area (Å²) in [4.78, 5) is 94.8. The summed E-state index contributed by atoms with van der Waals surface area (Å²) in [6.45, 7) is 5.76. The minimum atomic E-state index is -5.03. The molecule has 3 saturated heterocycles. The molecular formula is C44H43F5N10O6. The largest absolute Gasteiger partial charge is 0.417 e. The van der Waals surface area contributed by atoms with Gasteiger partial charge < -0.3 is 25.3 Å². The van der Waals surface area contributed by atoms with Gasteiger partial charge >= 0.3 is 6.18 Å². The Labute approximate surface area is 368 Å². The number of piperazine rings is 2. The molecule has 5 heterocycles. The van der Waals surface area contributed by atoms with Crippen molar-refractivity contribution in [3.63, 3.8) is 0 Å². The summed E-state index contributed by atoms with van der Waals surface area (Å²) >= 11 is 0. The van der Waals surface area contributed by atoms with E-state index in [-0.39, 0.29) is 102 Å². The van der Waals surface area contributed by atoms with E-state index >= 15 is 4.39 Å². The quantitative estimate of drug-likeness (QED) is 0.160. The average Bonchev–Trinajstić information content (AvgIpc) is 3.53. The second-order valence-corrected chi connectivity index (χ2v) is 16.4. The van der Waals surface area contributed by atoms with Crippen LogP contribution in [-0.2, 0) is 20.6 Å². The highest BCUT2D eigenvalue weighted by Gasteiger charge is 2.46. The molecule has 6 amide bonds. The molecule has 4 aliphatic rings. The molecule has 4 aliphatic heterocycles. The number of carbonyl (C=O) groups is 6. The minimum Gasteiger partial charge on any atom is -0.375 e. The molecule has 0 saturated carbocycles. The van der Waals surface area contributed by atoms with Crippen molar-refractivity contribution < 1.29 is 50.7 Å². The molecule has 1 aromatic heterocycles. The number of benzene rings is 3. The van der Waals surface area contributed by atoms with Crippen LogP contribution in [0.2, 0.25) is 0 Å². The molecule has 1 unspecified atom stereocenters. The van der Waals surface area contributed by atoms with E-state index in [4.69, 9.17) is 0 Å². The molecule has 16 nitrogen and oxygen atoms in total.